The quantitative estimate of drug-likeness (QED) is 0.848. The lowest BCUT2D eigenvalue weighted by molar-refractivity contribution is -0.126. The SMILES string of the molecule is CN1CCC(C(=O)NCC(=O)c2ccc(F)cc2)CC1. The zero-order chi connectivity index (χ0) is 14.5. The van der Waals surface area contributed by atoms with E-state index in [4.69, 9.17) is 0 Å². The third kappa shape index (κ3) is 3.87. The Morgan fingerprint density at radius 2 is 1.85 bits per heavy atom. The van der Waals surface area contributed by atoms with Crippen LogP contribution in [0.5, 0.6) is 0 Å². The summed E-state index contributed by atoms with van der Waals surface area (Å²) in [6, 6.07) is 5.34. The van der Waals surface area contributed by atoms with Crippen LogP contribution in [0.3, 0.4) is 0 Å². The molecule has 0 aromatic heterocycles. The molecule has 1 amide bonds. The maximum atomic E-state index is 12.8. The Bertz CT molecular complexity index is 479. The number of nitrogens with zero attached hydrogens (tertiary/aromatic N) is 1. The van der Waals surface area contributed by atoms with Gasteiger partial charge < -0.3 is 10.2 Å². The van der Waals surface area contributed by atoms with Crippen molar-refractivity contribution in [1.29, 1.82) is 0 Å². The predicted octanol–water partition coefficient (Wildman–Crippen LogP) is 1.47. The van der Waals surface area contributed by atoms with Gasteiger partial charge in [0.15, 0.2) is 5.78 Å². The van der Waals surface area contributed by atoms with E-state index >= 15 is 0 Å². The molecule has 5 heteroatoms. The number of hydrogen-bond donors (Lipinski definition) is 1. The van der Waals surface area contributed by atoms with Crippen LogP contribution in [0.25, 0.3) is 0 Å². The van der Waals surface area contributed by atoms with Crippen LogP contribution >= 0.6 is 0 Å². The van der Waals surface area contributed by atoms with Crippen molar-refractivity contribution in [3.05, 3.63) is 35.6 Å². The molecule has 1 aliphatic heterocycles. The van der Waals surface area contributed by atoms with Crippen LogP contribution in [0.4, 0.5) is 4.39 Å². The second-order valence-corrected chi connectivity index (χ2v) is 5.23. The summed E-state index contributed by atoms with van der Waals surface area (Å²) in [5, 5.41) is 2.68. The van der Waals surface area contributed by atoms with E-state index in [0.29, 0.717) is 5.56 Å². The molecule has 1 saturated heterocycles. The molecule has 2 rings (SSSR count). The van der Waals surface area contributed by atoms with Crippen LogP contribution in [-0.2, 0) is 4.79 Å². The topological polar surface area (TPSA) is 49.4 Å². The normalized spacial score (nSPS) is 16.9. The van der Waals surface area contributed by atoms with Gasteiger partial charge in [-0.1, -0.05) is 0 Å². The number of likely N-dealkylation sites (tertiary alicyclic amines) is 1. The molecule has 0 unspecified atom stereocenters. The van der Waals surface area contributed by atoms with Crippen molar-refractivity contribution in [1.82, 2.24) is 10.2 Å². The summed E-state index contributed by atoms with van der Waals surface area (Å²) in [6.07, 6.45) is 1.65. The van der Waals surface area contributed by atoms with Gasteiger partial charge in [0.05, 0.1) is 6.54 Å². The molecule has 0 atom stereocenters. The van der Waals surface area contributed by atoms with Crippen LogP contribution < -0.4 is 5.32 Å². The summed E-state index contributed by atoms with van der Waals surface area (Å²) in [5.41, 5.74) is 0.412. The first-order valence-electron chi connectivity index (χ1n) is 6.81. The smallest absolute Gasteiger partial charge is 0.223 e. The lowest BCUT2D eigenvalue weighted by atomic mass is 9.96. The third-order valence-electron chi connectivity index (χ3n) is 3.68. The summed E-state index contributed by atoms with van der Waals surface area (Å²) in [4.78, 5) is 26.0. The van der Waals surface area contributed by atoms with Crippen molar-refractivity contribution < 1.29 is 14.0 Å². The van der Waals surface area contributed by atoms with Gasteiger partial charge >= 0.3 is 0 Å². The number of ketones is 1. The number of carbonyl (C=O) groups is 2. The molecular weight excluding hydrogens is 259 g/mol. The number of rotatable bonds is 4. The molecule has 1 fully saturated rings. The summed E-state index contributed by atoms with van der Waals surface area (Å²) >= 11 is 0. The number of halogens is 1. The number of amides is 1. The molecule has 0 aliphatic carbocycles. The molecule has 1 aromatic carbocycles. The molecule has 0 spiro atoms. The van der Waals surface area contributed by atoms with Crippen molar-refractivity contribution in [3.63, 3.8) is 0 Å². The van der Waals surface area contributed by atoms with Crippen LogP contribution in [0.15, 0.2) is 24.3 Å². The van der Waals surface area contributed by atoms with Gasteiger partial charge in [0, 0.05) is 11.5 Å². The third-order valence-corrected chi connectivity index (χ3v) is 3.68. The molecule has 108 valence electrons. The molecule has 0 bridgehead atoms. The Morgan fingerprint density at radius 1 is 1.25 bits per heavy atom. The second kappa shape index (κ2) is 6.61. The van der Waals surface area contributed by atoms with Gasteiger partial charge in [0.2, 0.25) is 5.91 Å². The van der Waals surface area contributed by atoms with Gasteiger partial charge in [0.25, 0.3) is 0 Å². The first-order chi connectivity index (χ1) is 9.56. The van der Waals surface area contributed by atoms with Gasteiger partial charge in [-0.15, -0.1) is 0 Å². The van der Waals surface area contributed by atoms with Gasteiger partial charge in [-0.25, -0.2) is 4.39 Å². The number of carbonyl (C=O) groups excluding carboxylic acids is 2. The Morgan fingerprint density at radius 3 is 2.45 bits per heavy atom. The highest BCUT2D eigenvalue weighted by Crippen LogP contribution is 2.15. The average Bonchev–Trinajstić information content (AvgIpc) is 2.46. The minimum absolute atomic E-state index is 0.00721. The summed E-state index contributed by atoms with van der Waals surface area (Å²) in [5.74, 6) is -0.649. The Labute approximate surface area is 118 Å². The number of hydrogen-bond acceptors (Lipinski definition) is 3. The first kappa shape index (κ1) is 14.7. The standard InChI is InChI=1S/C15H19FN2O2/c1-18-8-6-12(7-9-18)15(20)17-10-14(19)11-2-4-13(16)5-3-11/h2-5,12H,6-10H2,1H3,(H,17,20). The molecule has 0 saturated carbocycles. The molecule has 1 aromatic rings. The van der Waals surface area contributed by atoms with Crippen LogP contribution in [-0.4, -0.2) is 43.3 Å². The van der Waals surface area contributed by atoms with E-state index in [1.165, 1.54) is 24.3 Å². The summed E-state index contributed by atoms with van der Waals surface area (Å²) < 4.78 is 12.8. The molecule has 4 nitrogen and oxygen atoms in total. The molecule has 1 heterocycles. The lowest BCUT2D eigenvalue weighted by Gasteiger charge is -2.27. The van der Waals surface area contributed by atoms with Crippen molar-refractivity contribution in [2.24, 2.45) is 5.92 Å². The minimum Gasteiger partial charge on any atom is -0.348 e. The van der Waals surface area contributed by atoms with Crippen molar-refractivity contribution in [2.45, 2.75) is 12.8 Å². The van der Waals surface area contributed by atoms with E-state index in [9.17, 15) is 14.0 Å². The molecule has 1 N–H and O–H groups in total. The van der Waals surface area contributed by atoms with E-state index in [-0.39, 0.29) is 30.0 Å². The molecule has 20 heavy (non-hydrogen) atoms. The van der Waals surface area contributed by atoms with Gasteiger partial charge in [-0.05, 0) is 57.2 Å². The minimum atomic E-state index is -0.378. The molecule has 0 radical (unpaired) electrons. The second-order valence-electron chi connectivity index (χ2n) is 5.23. The lowest BCUT2D eigenvalue weighted by Crippen LogP contribution is -2.40. The number of benzene rings is 1. The fourth-order valence-electron chi connectivity index (χ4n) is 2.32. The Hall–Kier alpha value is -1.75. The van der Waals surface area contributed by atoms with Crippen molar-refractivity contribution >= 4 is 11.7 Å². The number of piperidine rings is 1. The van der Waals surface area contributed by atoms with Gasteiger partial charge in [-0.3, -0.25) is 9.59 Å². The number of Topliss-reactive ketones (excluding diaryl/α,β-unsaturated/α-hetero) is 1. The molecular formula is C15H19FN2O2. The zero-order valence-electron chi connectivity index (χ0n) is 11.6. The fourth-order valence-corrected chi connectivity index (χ4v) is 2.32. The highest BCUT2D eigenvalue weighted by atomic mass is 19.1. The van der Waals surface area contributed by atoms with Crippen LogP contribution in [0.1, 0.15) is 23.2 Å². The Balaban J connectivity index is 1.81. The fraction of sp³-hybridized carbons (Fsp3) is 0.467. The maximum Gasteiger partial charge on any atom is 0.223 e. The van der Waals surface area contributed by atoms with Crippen molar-refractivity contribution in [3.8, 4) is 0 Å². The highest BCUT2D eigenvalue weighted by Gasteiger charge is 2.23. The first-order valence-corrected chi connectivity index (χ1v) is 6.81. The van der Waals surface area contributed by atoms with E-state index in [0.717, 1.165) is 25.9 Å². The predicted molar refractivity (Wildman–Crippen MR) is 74.0 cm³/mol. The van der Waals surface area contributed by atoms with Gasteiger partial charge in [-0.2, -0.15) is 0 Å². The monoisotopic (exact) mass is 278 g/mol. The summed E-state index contributed by atoms with van der Waals surface area (Å²) in [6.45, 7) is 1.78. The molecule has 1 aliphatic rings. The number of nitrogens with one attached hydrogen (secondary N) is 1. The van der Waals surface area contributed by atoms with E-state index in [2.05, 4.69) is 10.2 Å². The van der Waals surface area contributed by atoms with E-state index in [1.807, 2.05) is 7.05 Å². The van der Waals surface area contributed by atoms with E-state index in [1.54, 1.807) is 0 Å². The van der Waals surface area contributed by atoms with E-state index < -0.39 is 0 Å². The highest BCUT2D eigenvalue weighted by molar-refractivity contribution is 5.99. The summed E-state index contributed by atoms with van der Waals surface area (Å²) in [7, 11) is 2.03. The van der Waals surface area contributed by atoms with Gasteiger partial charge in [0.1, 0.15) is 5.82 Å². The zero-order valence-corrected chi connectivity index (χ0v) is 11.6. The largest absolute Gasteiger partial charge is 0.348 e. The van der Waals surface area contributed by atoms with Crippen LogP contribution in [0, 0.1) is 11.7 Å². The van der Waals surface area contributed by atoms with Crippen LogP contribution in [0.2, 0.25) is 0 Å². The Kier molecular flexibility index (Phi) is 4.84. The van der Waals surface area contributed by atoms with Crippen molar-refractivity contribution in [2.75, 3.05) is 26.7 Å². The average molecular weight is 278 g/mol. The maximum absolute atomic E-state index is 12.8.